The predicted molar refractivity (Wildman–Crippen MR) is 81.6 cm³/mol. The molecule has 110 valence electrons. The fourth-order valence-electron chi connectivity index (χ4n) is 1.79. The SMILES string of the molecule is COc1cc(NC(=O)c2cc(F)ccc2OC)ccc1Br. The average molecular weight is 354 g/mol. The molecule has 0 unspecified atom stereocenters. The lowest BCUT2D eigenvalue weighted by atomic mass is 10.1. The third-order valence-corrected chi connectivity index (χ3v) is 3.47. The second-order valence-corrected chi connectivity index (χ2v) is 5.00. The van der Waals surface area contributed by atoms with E-state index >= 15 is 0 Å². The molecule has 0 aliphatic heterocycles. The summed E-state index contributed by atoms with van der Waals surface area (Å²) in [7, 11) is 2.95. The van der Waals surface area contributed by atoms with Crippen LogP contribution in [0.3, 0.4) is 0 Å². The number of benzene rings is 2. The largest absolute Gasteiger partial charge is 0.496 e. The zero-order valence-corrected chi connectivity index (χ0v) is 13.0. The van der Waals surface area contributed by atoms with Crippen molar-refractivity contribution >= 4 is 27.5 Å². The number of carbonyl (C=O) groups excluding carboxylic acids is 1. The first-order chi connectivity index (χ1) is 10.0. The molecule has 0 bridgehead atoms. The van der Waals surface area contributed by atoms with Crippen molar-refractivity contribution in [2.75, 3.05) is 19.5 Å². The third kappa shape index (κ3) is 3.52. The molecule has 4 nitrogen and oxygen atoms in total. The standard InChI is InChI=1S/C15H13BrFNO3/c1-20-13-6-3-9(17)7-11(13)15(19)18-10-4-5-12(16)14(8-10)21-2/h3-8H,1-2H3,(H,18,19). The van der Waals surface area contributed by atoms with Crippen LogP contribution in [0.4, 0.5) is 10.1 Å². The summed E-state index contributed by atoms with van der Waals surface area (Å²) in [5.41, 5.74) is 0.658. The summed E-state index contributed by atoms with van der Waals surface area (Å²) in [5.74, 6) is -0.0814. The van der Waals surface area contributed by atoms with Crippen LogP contribution in [0, 0.1) is 5.82 Å². The molecule has 1 N–H and O–H groups in total. The first-order valence-corrected chi connectivity index (χ1v) is 6.83. The Balaban J connectivity index is 2.28. The molecule has 6 heteroatoms. The highest BCUT2D eigenvalue weighted by Gasteiger charge is 2.14. The normalized spacial score (nSPS) is 10.1. The summed E-state index contributed by atoms with van der Waals surface area (Å²) < 4.78 is 24.3. The van der Waals surface area contributed by atoms with Crippen LogP contribution in [-0.2, 0) is 0 Å². The smallest absolute Gasteiger partial charge is 0.259 e. The van der Waals surface area contributed by atoms with Crippen molar-refractivity contribution in [1.82, 2.24) is 0 Å². The summed E-state index contributed by atoms with van der Waals surface area (Å²) in [4.78, 5) is 12.2. The number of rotatable bonds is 4. The van der Waals surface area contributed by atoms with Crippen LogP contribution >= 0.6 is 15.9 Å². The molecule has 2 rings (SSSR count). The van der Waals surface area contributed by atoms with E-state index in [1.807, 2.05) is 0 Å². The molecule has 2 aromatic carbocycles. The van der Waals surface area contributed by atoms with E-state index in [0.717, 1.165) is 10.5 Å². The molecule has 0 radical (unpaired) electrons. The van der Waals surface area contributed by atoms with Gasteiger partial charge in [0.1, 0.15) is 17.3 Å². The van der Waals surface area contributed by atoms with Crippen LogP contribution in [0.25, 0.3) is 0 Å². The van der Waals surface area contributed by atoms with Gasteiger partial charge in [-0.3, -0.25) is 4.79 Å². The summed E-state index contributed by atoms with van der Waals surface area (Å²) >= 11 is 3.33. The summed E-state index contributed by atoms with van der Waals surface area (Å²) in [5, 5.41) is 2.68. The van der Waals surface area contributed by atoms with Crippen LogP contribution in [0.1, 0.15) is 10.4 Å². The van der Waals surface area contributed by atoms with E-state index in [1.54, 1.807) is 18.2 Å². The number of methoxy groups -OCH3 is 2. The van der Waals surface area contributed by atoms with Gasteiger partial charge in [0.25, 0.3) is 5.91 Å². The molecule has 0 heterocycles. The molecule has 0 aliphatic rings. The van der Waals surface area contributed by atoms with Crippen molar-refractivity contribution in [3.8, 4) is 11.5 Å². The van der Waals surface area contributed by atoms with Crippen LogP contribution in [0.5, 0.6) is 11.5 Å². The van der Waals surface area contributed by atoms with Gasteiger partial charge in [-0.25, -0.2) is 4.39 Å². The average Bonchev–Trinajstić information content (AvgIpc) is 2.49. The maximum Gasteiger partial charge on any atom is 0.259 e. The highest BCUT2D eigenvalue weighted by Crippen LogP contribution is 2.28. The van der Waals surface area contributed by atoms with E-state index in [9.17, 15) is 9.18 Å². The van der Waals surface area contributed by atoms with E-state index in [1.165, 1.54) is 26.4 Å². The quantitative estimate of drug-likeness (QED) is 0.907. The minimum Gasteiger partial charge on any atom is -0.496 e. The fraction of sp³-hybridized carbons (Fsp3) is 0.133. The first-order valence-electron chi connectivity index (χ1n) is 6.03. The lowest BCUT2D eigenvalue weighted by Gasteiger charge is -2.11. The van der Waals surface area contributed by atoms with Crippen molar-refractivity contribution in [2.24, 2.45) is 0 Å². The predicted octanol–water partition coefficient (Wildman–Crippen LogP) is 3.86. The Labute approximate surface area is 130 Å². The van der Waals surface area contributed by atoms with Crippen molar-refractivity contribution in [1.29, 1.82) is 0 Å². The Morgan fingerprint density at radius 2 is 1.81 bits per heavy atom. The molecule has 0 atom stereocenters. The van der Waals surface area contributed by atoms with Gasteiger partial charge >= 0.3 is 0 Å². The first kappa shape index (κ1) is 15.3. The summed E-state index contributed by atoms with van der Waals surface area (Å²) in [6.07, 6.45) is 0. The highest BCUT2D eigenvalue weighted by atomic mass is 79.9. The van der Waals surface area contributed by atoms with Gasteiger partial charge in [0, 0.05) is 11.8 Å². The van der Waals surface area contributed by atoms with Crippen molar-refractivity contribution < 1.29 is 18.7 Å². The fourth-order valence-corrected chi connectivity index (χ4v) is 2.20. The minimum absolute atomic E-state index is 0.124. The van der Waals surface area contributed by atoms with Gasteiger partial charge in [0.15, 0.2) is 0 Å². The van der Waals surface area contributed by atoms with Crippen molar-refractivity contribution in [2.45, 2.75) is 0 Å². The van der Waals surface area contributed by atoms with Crippen LogP contribution in [0.2, 0.25) is 0 Å². The monoisotopic (exact) mass is 353 g/mol. The summed E-state index contributed by atoms with van der Waals surface area (Å²) in [6.45, 7) is 0. The van der Waals surface area contributed by atoms with E-state index in [-0.39, 0.29) is 5.56 Å². The van der Waals surface area contributed by atoms with Crippen LogP contribution in [0.15, 0.2) is 40.9 Å². The molecular weight excluding hydrogens is 341 g/mol. The molecule has 0 saturated carbocycles. The van der Waals surface area contributed by atoms with Gasteiger partial charge < -0.3 is 14.8 Å². The molecule has 0 saturated heterocycles. The molecule has 0 spiro atoms. The van der Waals surface area contributed by atoms with E-state index < -0.39 is 11.7 Å². The van der Waals surface area contributed by atoms with Crippen molar-refractivity contribution in [3.63, 3.8) is 0 Å². The Morgan fingerprint density at radius 3 is 2.48 bits per heavy atom. The number of amides is 1. The topological polar surface area (TPSA) is 47.6 Å². The molecular formula is C15H13BrFNO3. The summed E-state index contributed by atoms with van der Waals surface area (Å²) in [6, 6.07) is 8.89. The van der Waals surface area contributed by atoms with Crippen molar-refractivity contribution in [3.05, 3.63) is 52.3 Å². The van der Waals surface area contributed by atoms with Gasteiger partial charge in [-0.15, -0.1) is 0 Å². The Morgan fingerprint density at radius 1 is 1.10 bits per heavy atom. The Kier molecular flexibility index (Phi) is 4.80. The van der Waals surface area contributed by atoms with E-state index in [2.05, 4.69) is 21.2 Å². The lowest BCUT2D eigenvalue weighted by molar-refractivity contribution is 0.102. The number of carbonyl (C=O) groups is 1. The number of ether oxygens (including phenoxy) is 2. The number of anilines is 1. The van der Waals surface area contributed by atoms with Crippen LogP contribution in [-0.4, -0.2) is 20.1 Å². The molecule has 1 amide bonds. The number of nitrogens with one attached hydrogen (secondary N) is 1. The maximum absolute atomic E-state index is 13.3. The van der Waals surface area contributed by atoms with Gasteiger partial charge in [0.2, 0.25) is 0 Å². The van der Waals surface area contributed by atoms with Gasteiger partial charge in [-0.1, -0.05) is 0 Å². The Hall–Kier alpha value is -2.08. The zero-order chi connectivity index (χ0) is 15.4. The number of hydrogen-bond donors (Lipinski definition) is 1. The lowest BCUT2D eigenvalue weighted by Crippen LogP contribution is -2.13. The number of halogens is 2. The second-order valence-electron chi connectivity index (χ2n) is 4.15. The van der Waals surface area contributed by atoms with Gasteiger partial charge in [0.05, 0.1) is 24.3 Å². The molecule has 0 aliphatic carbocycles. The third-order valence-electron chi connectivity index (χ3n) is 2.82. The van der Waals surface area contributed by atoms with E-state index in [4.69, 9.17) is 9.47 Å². The molecule has 21 heavy (non-hydrogen) atoms. The minimum atomic E-state index is -0.505. The molecule has 2 aromatic rings. The van der Waals surface area contributed by atoms with Gasteiger partial charge in [-0.2, -0.15) is 0 Å². The molecule has 0 fully saturated rings. The van der Waals surface area contributed by atoms with Gasteiger partial charge in [-0.05, 0) is 46.3 Å². The molecule has 0 aromatic heterocycles. The zero-order valence-electron chi connectivity index (χ0n) is 11.4. The maximum atomic E-state index is 13.3. The van der Waals surface area contributed by atoms with Crippen LogP contribution < -0.4 is 14.8 Å². The highest BCUT2D eigenvalue weighted by molar-refractivity contribution is 9.10. The second kappa shape index (κ2) is 6.58. The number of hydrogen-bond acceptors (Lipinski definition) is 3. The Bertz CT molecular complexity index is 676. The van der Waals surface area contributed by atoms with E-state index in [0.29, 0.717) is 17.2 Å².